The van der Waals surface area contributed by atoms with E-state index in [4.69, 9.17) is 5.11 Å². The van der Waals surface area contributed by atoms with Gasteiger partial charge in [0, 0.05) is 0 Å². The number of sulfone groups is 1. The number of hydrogen-bond donors (Lipinski definition) is 1. The standard InChI is InChI=1S/C16H16O4S/c1-11-7-12(2)9-13(8-11)10-21(19,20)15-5-3-14(4-6-15)16(17)18/h3-9H,10H2,1-2H3,(H,17,18). The van der Waals surface area contributed by atoms with Gasteiger partial charge in [0.25, 0.3) is 0 Å². The van der Waals surface area contributed by atoms with Gasteiger partial charge in [-0.1, -0.05) is 29.3 Å². The molecule has 0 saturated heterocycles. The quantitative estimate of drug-likeness (QED) is 0.942. The maximum absolute atomic E-state index is 12.4. The van der Waals surface area contributed by atoms with Gasteiger partial charge in [-0.2, -0.15) is 0 Å². The van der Waals surface area contributed by atoms with Crippen molar-refractivity contribution in [3.63, 3.8) is 0 Å². The summed E-state index contributed by atoms with van der Waals surface area (Å²) in [5.74, 6) is -1.17. The predicted octanol–water partition coefficient (Wildman–Crippen LogP) is 2.98. The van der Waals surface area contributed by atoms with Gasteiger partial charge in [0.15, 0.2) is 9.84 Å². The van der Waals surface area contributed by atoms with E-state index in [1.165, 1.54) is 24.3 Å². The van der Waals surface area contributed by atoms with Crippen LogP contribution in [0.15, 0.2) is 47.4 Å². The first kappa shape index (κ1) is 15.3. The highest BCUT2D eigenvalue weighted by Gasteiger charge is 2.16. The summed E-state index contributed by atoms with van der Waals surface area (Å²) in [5, 5.41) is 8.83. The van der Waals surface area contributed by atoms with E-state index in [0.29, 0.717) is 0 Å². The zero-order valence-electron chi connectivity index (χ0n) is 11.8. The molecule has 110 valence electrons. The van der Waals surface area contributed by atoms with Crippen molar-refractivity contribution in [2.24, 2.45) is 0 Å². The predicted molar refractivity (Wildman–Crippen MR) is 80.2 cm³/mol. The Morgan fingerprint density at radius 2 is 1.52 bits per heavy atom. The van der Waals surface area contributed by atoms with Crippen LogP contribution in [0.4, 0.5) is 0 Å². The van der Waals surface area contributed by atoms with Gasteiger partial charge in [-0.25, -0.2) is 13.2 Å². The van der Waals surface area contributed by atoms with E-state index < -0.39 is 15.8 Å². The third-order valence-electron chi connectivity index (χ3n) is 3.10. The van der Waals surface area contributed by atoms with Crippen LogP contribution in [0.3, 0.4) is 0 Å². The number of carbonyl (C=O) groups is 1. The number of carboxylic acid groups (broad SMARTS) is 1. The molecule has 0 amide bonds. The molecule has 0 aliphatic rings. The Morgan fingerprint density at radius 3 is 2.00 bits per heavy atom. The topological polar surface area (TPSA) is 71.4 Å². The monoisotopic (exact) mass is 304 g/mol. The fraction of sp³-hybridized carbons (Fsp3) is 0.188. The fourth-order valence-electron chi connectivity index (χ4n) is 2.26. The second-order valence-corrected chi connectivity index (χ2v) is 7.07. The van der Waals surface area contributed by atoms with Crippen LogP contribution in [0.5, 0.6) is 0 Å². The van der Waals surface area contributed by atoms with Gasteiger partial charge >= 0.3 is 5.97 Å². The summed E-state index contributed by atoms with van der Waals surface area (Å²) in [6.07, 6.45) is 0. The normalized spacial score (nSPS) is 11.3. The fourth-order valence-corrected chi connectivity index (χ4v) is 3.58. The van der Waals surface area contributed by atoms with E-state index in [-0.39, 0.29) is 16.2 Å². The van der Waals surface area contributed by atoms with Crippen molar-refractivity contribution in [3.8, 4) is 0 Å². The molecule has 1 N–H and O–H groups in total. The van der Waals surface area contributed by atoms with Crippen molar-refractivity contribution in [3.05, 3.63) is 64.7 Å². The number of aryl methyl sites for hydroxylation is 2. The first-order valence-corrected chi connectivity index (χ1v) is 8.06. The second-order valence-electron chi connectivity index (χ2n) is 5.08. The van der Waals surface area contributed by atoms with Crippen LogP contribution in [-0.4, -0.2) is 19.5 Å². The van der Waals surface area contributed by atoms with Crippen molar-refractivity contribution in [1.82, 2.24) is 0 Å². The molecular formula is C16H16O4S. The molecule has 0 saturated carbocycles. The van der Waals surface area contributed by atoms with E-state index in [1.54, 1.807) is 0 Å². The average Bonchev–Trinajstić information content (AvgIpc) is 2.37. The van der Waals surface area contributed by atoms with Crippen molar-refractivity contribution >= 4 is 15.8 Å². The lowest BCUT2D eigenvalue weighted by molar-refractivity contribution is 0.0696. The lowest BCUT2D eigenvalue weighted by atomic mass is 10.1. The lowest BCUT2D eigenvalue weighted by Crippen LogP contribution is -2.06. The summed E-state index contributed by atoms with van der Waals surface area (Å²) < 4.78 is 24.7. The van der Waals surface area contributed by atoms with E-state index in [1.807, 2.05) is 32.0 Å². The van der Waals surface area contributed by atoms with Crippen molar-refractivity contribution in [1.29, 1.82) is 0 Å². The Bertz CT molecular complexity index is 754. The molecule has 0 heterocycles. The summed E-state index contributed by atoms with van der Waals surface area (Å²) in [5.41, 5.74) is 2.83. The summed E-state index contributed by atoms with van der Waals surface area (Å²) in [6.45, 7) is 3.84. The first-order valence-electron chi connectivity index (χ1n) is 6.41. The highest BCUT2D eigenvalue weighted by Crippen LogP contribution is 2.19. The van der Waals surface area contributed by atoms with Crippen LogP contribution >= 0.6 is 0 Å². The van der Waals surface area contributed by atoms with Crippen LogP contribution in [0.2, 0.25) is 0 Å². The smallest absolute Gasteiger partial charge is 0.335 e. The van der Waals surface area contributed by atoms with Crippen LogP contribution < -0.4 is 0 Å². The Kier molecular flexibility index (Phi) is 4.14. The molecule has 0 atom stereocenters. The molecule has 0 radical (unpaired) electrons. The zero-order valence-corrected chi connectivity index (χ0v) is 12.6. The Balaban J connectivity index is 2.31. The molecule has 2 rings (SSSR count). The Labute approximate surface area is 124 Å². The van der Waals surface area contributed by atoms with Gasteiger partial charge in [0.1, 0.15) is 0 Å². The third-order valence-corrected chi connectivity index (χ3v) is 4.80. The number of aromatic carboxylic acids is 1. The molecule has 0 aliphatic carbocycles. The maximum Gasteiger partial charge on any atom is 0.335 e. The molecule has 0 spiro atoms. The van der Waals surface area contributed by atoms with Gasteiger partial charge in [-0.15, -0.1) is 0 Å². The summed E-state index contributed by atoms with van der Waals surface area (Å²) in [4.78, 5) is 10.9. The molecule has 0 fully saturated rings. The van der Waals surface area contributed by atoms with E-state index in [0.717, 1.165) is 16.7 Å². The molecular weight excluding hydrogens is 288 g/mol. The SMILES string of the molecule is Cc1cc(C)cc(CS(=O)(=O)c2ccc(C(=O)O)cc2)c1. The van der Waals surface area contributed by atoms with Gasteiger partial charge in [-0.05, 0) is 43.7 Å². The van der Waals surface area contributed by atoms with Crippen LogP contribution in [0.25, 0.3) is 0 Å². The van der Waals surface area contributed by atoms with Crippen molar-refractivity contribution < 1.29 is 18.3 Å². The minimum Gasteiger partial charge on any atom is -0.478 e. The molecule has 0 unspecified atom stereocenters. The highest BCUT2D eigenvalue weighted by molar-refractivity contribution is 7.90. The zero-order chi connectivity index (χ0) is 15.6. The van der Waals surface area contributed by atoms with E-state index in [2.05, 4.69) is 0 Å². The van der Waals surface area contributed by atoms with Crippen LogP contribution in [0, 0.1) is 13.8 Å². The minimum absolute atomic E-state index is 0.0698. The van der Waals surface area contributed by atoms with Crippen LogP contribution in [-0.2, 0) is 15.6 Å². The Hall–Kier alpha value is -2.14. The van der Waals surface area contributed by atoms with E-state index >= 15 is 0 Å². The molecule has 4 nitrogen and oxygen atoms in total. The number of hydrogen-bond acceptors (Lipinski definition) is 3. The highest BCUT2D eigenvalue weighted by atomic mass is 32.2. The van der Waals surface area contributed by atoms with Gasteiger partial charge in [-0.3, -0.25) is 0 Å². The molecule has 0 bridgehead atoms. The summed E-state index contributed by atoms with van der Waals surface area (Å²) in [6, 6.07) is 10.9. The first-order chi connectivity index (χ1) is 9.78. The maximum atomic E-state index is 12.4. The third kappa shape index (κ3) is 3.70. The molecule has 5 heteroatoms. The van der Waals surface area contributed by atoms with Crippen molar-refractivity contribution in [2.45, 2.75) is 24.5 Å². The molecule has 0 aromatic heterocycles. The number of rotatable bonds is 4. The molecule has 2 aromatic carbocycles. The second kappa shape index (κ2) is 5.69. The molecule has 2 aromatic rings. The van der Waals surface area contributed by atoms with Gasteiger partial charge in [0.05, 0.1) is 16.2 Å². The molecule has 0 aliphatic heterocycles. The summed E-state index contributed by atoms with van der Waals surface area (Å²) in [7, 11) is -3.48. The molecule has 21 heavy (non-hydrogen) atoms. The van der Waals surface area contributed by atoms with E-state index in [9.17, 15) is 13.2 Å². The summed E-state index contributed by atoms with van der Waals surface area (Å²) >= 11 is 0. The average molecular weight is 304 g/mol. The Morgan fingerprint density at radius 1 is 1.00 bits per heavy atom. The number of carboxylic acids is 1. The van der Waals surface area contributed by atoms with Crippen LogP contribution in [0.1, 0.15) is 27.0 Å². The lowest BCUT2D eigenvalue weighted by Gasteiger charge is -2.07. The van der Waals surface area contributed by atoms with Gasteiger partial charge in [0.2, 0.25) is 0 Å². The largest absolute Gasteiger partial charge is 0.478 e. The minimum atomic E-state index is -3.48. The van der Waals surface area contributed by atoms with Crippen molar-refractivity contribution in [2.75, 3.05) is 0 Å². The number of benzene rings is 2. The van der Waals surface area contributed by atoms with Gasteiger partial charge < -0.3 is 5.11 Å².